The topological polar surface area (TPSA) is 98.1 Å². The molecule has 2 heterocycles. The van der Waals surface area contributed by atoms with Crippen molar-refractivity contribution in [2.75, 3.05) is 7.11 Å². The van der Waals surface area contributed by atoms with Crippen molar-refractivity contribution in [3.05, 3.63) is 95.9 Å². The lowest BCUT2D eigenvalue weighted by molar-refractivity contribution is -0.136. The monoisotopic (exact) mass is 499 g/mol. The highest BCUT2D eigenvalue weighted by molar-refractivity contribution is 7.07. The average Bonchev–Trinajstić information content (AvgIpc) is 3.19. The van der Waals surface area contributed by atoms with Crippen molar-refractivity contribution in [2.24, 2.45) is 5.73 Å². The van der Waals surface area contributed by atoms with Crippen molar-refractivity contribution in [3.63, 3.8) is 0 Å². The Morgan fingerprint density at radius 1 is 1.06 bits per heavy atom. The van der Waals surface area contributed by atoms with Gasteiger partial charge in [-0.05, 0) is 40.2 Å². The molecule has 0 saturated heterocycles. The first-order chi connectivity index (χ1) is 17.2. The van der Waals surface area contributed by atoms with Gasteiger partial charge in [0.05, 0.1) is 34.8 Å². The number of nitriles is 1. The average molecular weight is 500 g/mol. The minimum absolute atomic E-state index is 0.00941. The summed E-state index contributed by atoms with van der Waals surface area (Å²) < 4.78 is 7.16. The molecule has 0 spiro atoms. The van der Waals surface area contributed by atoms with E-state index in [0.717, 1.165) is 16.7 Å². The molecule has 2 N–H and O–H groups in total. The van der Waals surface area contributed by atoms with E-state index in [2.05, 4.69) is 33.8 Å². The molecule has 36 heavy (non-hydrogen) atoms. The van der Waals surface area contributed by atoms with Crippen LogP contribution >= 0.6 is 11.3 Å². The van der Waals surface area contributed by atoms with Crippen molar-refractivity contribution >= 4 is 34.8 Å². The summed E-state index contributed by atoms with van der Waals surface area (Å²) in [5.41, 5.74) is 10.4. The first-order valence-electron chi connectivity index (χ1n) is 11.8. The van der Waals surface area contributed by atoms with Crippen LogP contribution in [-0.4, -0.2) is 17.6 Å². The molecule has 184 valence electrons. The number of nitrogens with two attached hydrogens (primary N) is 1. The Hall–Kier alpha value is -3.89. The molecule has 6 nitrogen and oxygen atoms in total. The number of ether oxygens (including phenoxy) is 1. The summed E-state index contributed by atoms with van der Waals surface area (Å²) in [5, 5.41) is 10.2. The van der Waals surface area contributed by atoms with Crippen LogP contribution in [0.3, 0.4) is 0 Å². The normalized spacial score (nSPS) is 15.9. The number of nitrogens with zero attached hydrogens (tertiary/aromatic N) is 2. The SMILES string of the molecule is COC(=O)C1=C(N)n2c(s/c(=C/c3ccc(C(C)C)cc3)c2=O)=C(C#N)C1c1ccc(C(C)C)cc1. The summed E-state index contributed by atoms with van der Waals surface area (Å²) >= 11 is 1.20. The number of rotatable bonds is 5. The molecule has 0 aliphatic carbocycles. The molecule has 7 heteroatoms. The van der Waals surface area contributed by atoms with Gasteiger partial charge in [0.15, 0.2) is 0 Å². The van der Waals surface area contributed by atoms with Crippen LogP contribution in [-0.2, 0) is 9.53 Å². The van der Waals surface area contributed by atoms with Crippen LogP contribution in [0.25, 0.3) is 17.5 Å². The zero-order valence-electron chi connectivity index (χ0n) is 21.0. The first kappa shape index (κ1) is 25.2. The van der Waals surface area contributed by atoms with Gasteiger partial charge in [0, 0.05) is 0 Å². The van der Waals surface area contributed by atoms with Crippen LogP contribution in [0.1, 0.15) is 67.7 Å². The molecular weight excluding hydrogens is 470 g/mol. The highest BCUT2D eigenvalue weighted by atomic mass is 32.1. The molecule has 1 unspecified atom stereocenters. The number of carbonyl (C=O) groups is 1. The molecule has 0 radical (unpaired) electrons. The number of benzene rings is 2. The van der Waals surface area contributed by atoms with E-state index in [1.54, 1.807) is 6.08 Å². The maximum Gasteiger partial charge on any atom is 0.338 e. The fourth-order valence-corrected chi connectivity index (χ4v) is 5.53. The Morgan fingerprint density at radius 3 is 2.11 bits per heavy atom. The molecule has 2 aromatic carbocycles. The molecule has 0 saturated carbocycles. The number of thiazole rings is 1. The van der Waals surface area contributed by atoms with Crippen LogP contribution in [0, 0.1) is 11.3 Å². The predicted molar refractivity (Wildman–Crippen MR) is 144 cm³/mol. The van der Waals surface area contributed by atoms with E-state index >= 15 is 0 Å². The second-order valence-electron chi connectivity index (χ2n) is 9.45. The van der Waals surface area contributed by atoms with Crippen LogP contribution in [0.4, 0.5) is 0 Å². The maximum absolute atomic E-state index is 13.4. The van der Waals surface area contributed by atoms with Gasteiger partial charge in [-0.25, -0.2) is 4.79 Å². The molecule has 1 aliphatic heterocycles. The quantitative estimate of drug-likeness (QED) is 0.539. The number of fused-ring (bicyclic) bond motifs is 1. The smallest absolute Gasteiger partial charge is 0.338 e. The number of hydrogen-bond acceptors (Lipinski definition) is 6. The molecule has 4 rings (SSSR count). The van der Waals surface area contributed by atoms with Gasteiger partial charge in [-0.2, -0.15) is 5.26 Å². The van der Waals surface area contributed by atoms with E-state index in [-0.39, 0.29) is 17.0 Å². The van der Waals surface area contributed by atoms with Gasteiger partial charge in [0.1, 0.15) is 10.5 Å². The van der Waals surface area contributed by atoms with Crippen LogP contribution in [0.5, 0.6) is 0 Å². The van der Waals surface area contributed by atoms with Gasteiger partial charge < -0.3 is 10.5 Å². The van der Waals surface area contributed by atoms with E-state index in [4.69, 9.17) is 10.5 Å². The fourth-order valence-electron chi connectivity index (χ4n) is 4.40. The van der Waals surface area contributed by atoms with E-state index in [9.17, 15) is 14.9 Å². The molecule has 1 aliphatic rings. The van der Waals surface area contributed by atoms with Crippen molar-refractivity contribution in [3.8, 4) is 6.07 Å². The standard InChI is InChI=1S/C29H29N3O3S/c1-16(2)19-8-6-18(7-9-19)14-23-27(33)32-26(31)25(29(34)35-5)24(22(15-30)28(32)36-23)21-12-10-20(11-13-21)17(3)4/h6-14,16-17,24H,31H2,1-5H3/b23-14+. The number of hydrogen-bond donors (Lipinski definition) is 1. The van der Waals surface area contributed by atoms with Crippen molar-refractivity contribution in [2.45, 2.75) is 45.4 Å². The minimum atomic E-state index is -0.736. The number of methoxy groups -OCH3 is 1. The molecule has 0 amide bonds. The van der Waals surface area contributed by atoms with Gasteiger partial charge in [-0.3, -0.25) is 9.36 Å². The van der Waals surface area contributed by atoms with E-state index in [0.29, 0.717) is 26.6 Å². The first-order valence-corrected chi connectivity index (χ1v) is 12.7. The summed E-state index contributed by atoms with van der Waals surface area (Å²) in [6, 6.07) is 18.0. The highest BCUT2D eigenvalue weighted by Gasteiger charge is 2.36. The van der Waals surface area contributed by atoms with E-state index in [1.807, 2.05) is 48.5 Å². The van der Waals surface area contributed by atoms with Gasteiger partial charge in [0.25, 0.3) is 5.56 Å². The Labute approximate surface area is 214 Å². The summed E-state index contributed by atoms with van der Waals surface area (Å²) in [4.78, 5) is 26.3. The van der Waals surface area contributed by atoms with Crippen molar-refractivity contribution in [1.82, 2.24) is 4.57 Å². The van der Waals surface area contributed by atoms with Crippen molar-refractivity contribution < 1.29 is 9.53 Å². The minimum Gasteiger partial charge on any atom is -0.466 e. The predicted octanol–water partition coefficient (Wildman–Crippen LogP) is 3.76. The zero-order valence-corrected chi connectivity index (χ0v) is 21.8. The Morgan fingerprint density at radius 2 is 1.61 bits per heavy atom. The second-order valence-corrected chi connectivity index (χ2v) is 10.5. The maximum atomic E-state index is 13.4. The lowest BCUT2D eigenvalue weighted by Gasteiger charge is -2.25. The van der Waals surface area contributed by atoms with Gasteiger partial charge in [-0.1, -0.05) is 76.2 Å². The molecular formula is C29H29N3O3S. The van der Waals surface area contributed by atoms with Gasteiger partial charge in [0.2, 0.25) is 0 Å². The van der Waals surface area contributed by atoms with Gasteiger partial charge >= 0.3 is 5.97 Å². The lowest BCUT2D eigenvalue weighted by atomic mass is 9.83. The number of carbonyl (C=O) groups excluding carboxylic acids is 1. The zero-order chi connectivity index (χ0) is 26.1. The Kier molecular flexibility index (Phi) is 7.00. The highest BCUT2D eigenvalue weighted by Crippen LogP contribution is 2.37. The Bertz CT molecular complexity index is 1560. The summed E-state index contributed by atoms with van der Waals surface area (Å²) in [7, 11) is 1.26. The largest absolute Gasteiger partial charge is 0.466 e. The number of esters is 1. The molecule has 1 aromatic heterocycles. The van der Waals surface area contributed by atoms with Gasteiger partial charge in [-0.15, -0.1) is 11.3 Å². The summed E-state index contributed by atoms with van der Waals surface area (Å²) in [6.07, 6.45) is 1.79. The van der Waals surface area contributed by atoms with E-state index < -0.39 is 11.9 Å². The molecule has 0 bridgehead atoms. The second kappa shape index (κ2) is 10.00. The lowest BCUT2D eigenvalue weighted by Crippen LogP contribution is -2.40. The van der Waals surface area contributed by atoms with Crippen LogP contribution < -0.4 is 20.5 Å². The molecule has 3 aromatic rings. The molecule has 1 atom stereocenters. The summed E-state index contributed by atoms with van der Waals surface area (Å²) in [5.74, 6) is -0.679. The molecule has 0 fully saturated rings. The van der Waals surface area contributed by atoms with Crippen LogP contribution in [0.2, 0.25) is 0 Å². The Balaban J connectivity index is 1.98. The van der Waals surface area contributed by atoms with Crippen molar-refractivity contribution in [1.29, 1.82) is 5.26 Å². The third-order valence-electron chi connectivity index (χ3n) is 6.51. The third-order valence-corrected chi connectivity index (χ3v) is 7.62. The number of aromatic nitrogens is 1. The van der Waals surface area contributed by atoms with E-state index in [1.165, 1.54) is 28.6 Å². The fraction of sp³-hybridized carbons (Fsp3) is 0.276. The van der Waals surface area contributed by atoms with Crippen LogP contribution in [0.15, 0.2) is 58.9 Å². The third kappa shape index (κ3) is 4.40. The summed E-state index contributed by atoms with van der Waals surface area (Å²) in [6.45, 7) is 8.44.